The number of aromatic nitrogens is 2. The summed E-state index contributed by atoms with van der Waals surface area (Å²) >= 11 is 0. The van der Waals surface area contributed by atoms with Crippen molar-refractivity contribution in [2.75, 3.05) is 31.2 Å². The Morgan fingerprint density at radius 3 is 2.92 bits per heavy atom. The fourth-order valence-electron chi connectivity index (χ4n) is 2.95. The number of oxazole rings is 1. The standard InChI is InChI=1S/C17H20N4O3/c22-17(14-15(12-3-4-12)24-11-20-14)19-10-13-2-1-5-18-16(13)21-6-8-23-9-7-21/h1-2,5,11-12H,3-4,6-10H2,(H,19,22). The third kappa shape index (κ3) is 3.12. The van der Waals surface area contributed by atoms with Crippen LogP contribution in [0.25, 0.3) is 0 Å². The fourth-order valence-corrected chi connectivity index (χ4v) is 2.95. The van der Waals surface area contributed by atoms with Gasteiger partial charge in [-0.05, 0) is 18.9 Å². The summed E-state index contributed by atoms with van der Waals surface area (Å²) < 4.78 is 10.8. The zero-order valence-corrected chi connectivity index (χ0v) is 13.4. The Kier molecular flexibility index (Phi) is 4.17. The fraction of sp³-hybridized carbons (Fsp3) is 0.471. The number of ether oxygens (including phenoxy) is 1. The second-order valence-electron chi connectivity index (χ2n) is 6.11. The number of morpholine rings is 1. The largest absolute Gasteiger partial charge is 0.447 e. The van der Waals surface area contributed by atoms with E-state index in [0.29, 0.717) is 37.1 Å². The summed E-state index contributed by atoms with van der Waals surface area (Å²) in [6.45, 7) is 3.44. The van der Waals surface area contributed by atoms with Crippen LogP contribution in [0.1, 0.15) is 40.6 Å². The van der Waals surface area contributed by atoms with Crippen molar-refractivity contribution in [2.45, 2.75) is 25.3 Å². The number of pyridine rings is 1. The van der Waals surface area contributed by atoms with Crippen molar-refractivity contribution in [3.05, 3.63) is 41.7 Å². The van der Waals surface area contributed by atoms with Gasteiger partial charge in [0.1, 0.15) is 11.6 Å². The summed E-state index contributed by atoms with van der Waals surface area (Å²) in [4.78, 5) is 23.2. The SMILES string of the molecule is O=C(NCc1cccnc1N1CCOCC1)c1ncoc1C1CC1. The molecule has 7 nitrogen and oxygen atoms in total. The van der Waals surface area contributed by atoms with E-state index in [-0.39, 0.29) is 5.91 Å². The molecule has 3 heterocycles. The molecular weight excluding hydrogens is 308 g/mol. The molecule has 2 aromatic heterocycles. The number of anilines is 1. The molecular formula is C17H20N4O3. The third-order valence-electron chi connectivity index (χ3n) is 4.38. The van der Waals surface area contributed by atoms with Crippen LogP contribution >= 0.6 is 0 Å². The Morgan fingerprint density at radius 2 is 2.12 bits per heavy atom. The normalized spacial score (nSPS) is 17.8. The van der Waals surface area contributed by atoms with Crippen LogP contribution in [0.15, 0.2) is 29.1 Å². The van der Waals surface area contributed by atoms with Gasteiger partial charge >= 0.3 is 0 Å². The number of carbonyl (C=O) groups is 1. The van der Waals surface area contributed by atoms with Gasteiger partial charge in [0.25, 0.3) is 5.91 Å². The van der Waals surface area contributed by atoms with Crippen molar-refractivity contribution >= 4 is 11.7 Å². The predicted molar refractivity (Wildman–Crippen MR) is 86.9 cm³/mol. The first-order chi connectivity index (χ1) is 11.8. The second kappa shape index (κ2) is 6.60. The molecule has 0 bridgehead atoms. The average molecular weight is 328 g/mol. The smallest absolute Gasteiger partial charge is 0.273 e. The number of nitrogens with one attached hydrogen (secondary N) is 1. The minimum atomic E-state index is -0.192. The highest BCUT2D eigenvalue weighted by atomic mass is 16.5. The molecule has 4 rings (SSSR count). The molecule has 1 aliphatic carbocycles. The predicted octanol–water partition coefficient (Wildman–Crippen LogP) is 1.71. The van der Waals surface area contributed by atoms with Gasteiger partial charge in [-0.3, -0.25) is 4.79 Å². The van der Waals surface area contributed by atoms with Crippen LogP contribution in [0.5, 0.6) is 0 Å². The highest BCUT2D eigenvalue weighted by molar-refractivity contribution is 5.93. The van der Waals surface area contributed by atoms with Gasteiger partial charge in [0.05, 0.1) is 13.2 Å². The van der Waals surface area contributed by atoms with Crippen molar-refractivity contribution in [1.82, 2.24) is 15.3 Å². The van der Waals surface area contributed by atoms with Gasteiger partial charge in [-0.25, -0.2) is 9.97 Å². The van der Waals surface area contributed by atoms with Gasteiger partial charge in [0, 0.05) is 37.3 Å². The Hall–Kier alpha value is -2.41. The summed E-state index contributed by atoms with van der Waals surface area (Å²) in [7, 11) is 0. The van der Waals surface area contributed by atoms with Crippen molar-refractivity contribution in [3.63, 3.8) is 0 Å². The van der Waals surface area contributed by atoms with Crippen LogP contribution in [0.3, 0.4) is 0 Å². The molecule has 0 radical (unpaired) electrons. The lowest BCUT2D eigenvalue weighted by Crippen LogP contribution is -2.37. The van der Waals surface area contributed by atoms with Crippen molar-refractivity contribution < 1.29 is 13.9 Å². The van der Waals surface area contributed by atoms with Gasteiger partial charge in [-0.2, -0.15) is 0 Å². The monoisotopic (exact) mass is 328 g/mol. The van der Waals surface area contributed by atoms with Gasteiger partial charge < -0.3 is 19.4 Å². The van der Waals surface area contributed by atoms with E-state index < -0.39 is 0 Å². The Labute approximate surface area is 140 Å². The highest BCUT2D eigenvalue weighted by Gasteiger charge is 2.32. The van der Waals surface area contributed by atoms with Crippen LogP contribution in [-0.4, -0.2) is 42.2 Å². The first kappa shape index (κ1) is 15.1. The lowest BCUT2D eigenvalue weighted by molar-refractivity contribution is 0.0944. The van der Waals surface area contributed by atoms with Gasteiger partial charge in [-0.15, -0.1) is 0 Å². The number of rotatable bonds is 5. The van der Waals surface area contributed by atoms with Crippen LogP contribution in [0.4, 0.5) is 5.82 Å². The van der Waals surface area contributed by atoms with E-state index in [9.17, 15) is 4.79 Å². The molecule has 2 aromatic rings. The van der Waals surface area contributed by atoms with E-state index in [4.69, 9.17) is 9.15 Å². The van der Waals surface area contributed by atoms with E-state index in [2.05, 4.69) is 20.2 Å². The van der Waals surface area contributed by atoms with Crippen molar-refractivity contribution in [1.29, 1.82) is 0 Å². The lowest BCUT2D eigenvalue weighted by atomic mass is 10.2. The molecule has 24 heavy (non-hydrogen) atoms. The molecule has 2 aliphatic rings. The van der Waals surface area contributed by atoms with Crippen LogP contribution in [-0.2, 0) is 11.3 Å². The second-order valence-corrected chi connectivity index (χ2v) is 6.11. The minimum absolute atomic E-state index is 0.192. The van der Waals surface area contributed by atoms with Crippen molar-refractivity contribution in [2.24, 2.45) is 0 Å². The summed E-state index contributed by atoms with van der Waals surface area (Å²) in [5.41, 5.74) is 1.40. The Morgan fingerprint density at radius 1 is 1.29 bits per heavy atom. The molecule has 1 aliphatic heterocycles. The van der Waals surface area contributed by atoms with E-state index >= 15 is 0 Å². The maximum absolute atomic E-state index is 12.4. The topological polar surface area (TPSA) is 80.5 Å². The molecule has 1 saturated heterocycles. The minimum Gasteiger partial charge on any atom is -0.447 e. The third-order valence-corrected chi connectivity index (χ3v) is 4.38. The molecule has 126 valence electrons. The first-order valence-electron chi connectivity index (χ1n) is 8.31. The summed E-state index contributed by atoms with van der Waals surface area (Å²) in [6.07, 6.45) is 5.27. The Balaban J connectivity index is 1.45. The van der Waals surface area contributed by atoms with E-state index in [1.54, 1.807) is 6.20 Å². The number of amides is 1. The highest BCUT2D eigenvalue weighted by Crippen LogP contribution is 2.41. The number of nitrogens with zero attached hydrogens (tertiary/aromatic N) is 3. The van der Waals surface area contributed by atoms with Gasteiger partial charge in [-0.1, -0.05) is 6.07 Å². The average Bonchev–Trinajstić information content (AvgIpc) is 3.37. The molecule has 7 heteroatoms. The van der Waals surface area contributed by atoms with E-state index in [0.717, 1.165) is 37.3 Å². The number of carbonyl (C=O) groups excluding carboxylic acids is 1. The molecule has 1 amide bonds. The number of hydrogen-bond acceptors (Lipinski definition) is 6. The maximum atomic E-state index is 12.4. The van der Waals surface area contributed by atoms with Gasteiger partial charge in [0.2, 0.25) is 0 Å². The quantitative estimate of drug-likeness (QED) is 0.900. The molecule has 1 saturated carbocycles. The van der Waals surface area contributed by atoms with Crippen LogP contribution in [0, 0.1) is 0 Å². The first-order valence-corrected chi connectivity index (χ1v) is 8.31. The van der Waals surface area contributed by atoms with Crippen molar-refractivity contribution in [3.8, 4) is 0 Å². The van der Waals surface area contributed by atoms with Gasteiger partial charge in [0.15, 0.2) is 12.1 Å². The molecule has 2 fully saturated rings. The molecule has 0 atom stereocenters. The molecule has 0 unspecified atom stereocenters. The lowest BCUT2D eigenvalue weighted by Gasteiger charge is -2.29. The maximum Gasteiger partial charge on any atom is 0.273 e. The zero-order chi connectivity index (χ0) is 16.4. The molecule has 0 aromatic carbocycles. The van der Waals surface area contributed by atoms with E-state index in [1.807, 2.05) is 12.1 Å². The summed E-state index contributed by atoms with van der Waals surface area (Å²) in [5, 5.41) is 2.94. The Bertz CT molecular complexity index is 720. The zero-order valence-electron chi connectivity index (χ0n) is 13.4. The summed E-state index contributed by atoms with van der Waals surface area (Å²) in [6, 6.07) is 3.87. The number of hydrogen-bond donors (Lipinski definition) is 1. The summed E-state index contributed by atoms with van der Waals surface area (Å²) in [5.74, 6) is 1.79. The van der Waals surface area contributed by atoms with Crippen LogP contribution < -0.4 is 10.2 Å². The molecule has 0 spiro atoms. The van der Waals surface area contributed by atoms with E-state index in [1.165, 1.54) is 6.39 Å². The van der Waals surface area contributed by atoms with Crippen LogP contribution in [0.2, 0.25) is 0 Å². The molecule has 1 N–H and O–H groups in total.